The van der Waals surface area contributed by atoms with E-state index in [0.29, 0.717) is 17.9 Å². The van der Waals surface area contributed by atoms with Crippen LogP contribution in [0.1, 0.15) is 70.3 Å². The monoisotopic (exact) mass is 496 g/mol. The molecule has 1 fully saturated rings. The van der Waals surface area contributed by atoms with E-state index in [2.05, 4.69) is 18.3 Å². The topological polar surface area (TPSA) is 79.9 Å². The van der Waals surface area contributed by atoms with Gasteiger partial charge in [0.1, 0.15) is 17.4 Å². The molecule has 1 N–H and O–H groups in total. The second-order valence-electron chi connectivity index (χ2n) is 9.62. The van der Waals surface area contributed by atoms with Crippen LogP contribution in [0.25, 0.3) is 23.0 Å². The van der Waals surface area contributed by atoms with E-state index in [0.717, 1.165) is 49.1 Å². The Balaban J connectivity index is 1.58. The summed E-state index contributed by atoms with van der Waals surface area (Å²) in [6.45, 7) is 2.91. The van der Waals surface area contributed by atoms with Crippen LogP contribution in [0.5, 0.6) is 5.75 Å². The van der Waals surface area contributed by atoms with Crippen molar-refractivity contribution in [1.82, 2.24) is 15.1 Å². The van der Waals surface area contributed by atoms with Gasteiger partial charge in [-0.3, -0.25) is 4.79 Å². The fourth-order valence-electron chi connectivity index (χ4n) is 4.67. The van der Waals surface area contributed by atoms with Gasteiger partial charge in [0.15, 0.2) is 0 Å². The first kappa shape index (κ1) is 26.2. The van der Waals surface area contributed by atoms with Crippen LogP contribution in [0.4, 0.5) is 0 Å². The normalized spacial score (nSPS) is 14.2. The Morgan fingerprint density at radius 3 is 2.54 bits per heavy atom. The maximum Gasteiger partial charge on any atom is 0.262 e. The molecule has 0 bridgehead atoms. The first-order valence-electron chi connectivity index (χ1n) is 13.5. The van der Waals surface area contributed by atoms with E-state index in [9.17, 15) is 10.1 Å². The fourth-order valence-corrected chi connectivity index (χ4v) is 4.67. The molecule has 2 aromatic carbocycles. The van der Waals surface area contributed by atoms with Gasteiger partial charge < -0.3 is 10.1 Å². The zero-order valence-corrected chi connectivity index (χ0v) is 21.7. The molecule has 192 valence electrons. The first-order valence-corrected chi connectivity index (χ1v) is 13.5. The Kier molecular flexibility index (Phi) is 9.54. The van der Waals surface area contributed by atoms with Crippen molar-refractivity contribution in [3.63, 3.8) is 0 Å². The number of aromatic nitrogens is 2. The lowest BCUT2D eigenvalue weighted by molar-refractivity contribution is -0.117. The molecular formula is C31H36N4O2. The number of carbonyl (C=O) groups excluding carboxylic acids is 1. The van der Waals surface area contributed by atoms with Gasteiger partial charge in [0, 0.05) is 23.4 Å². The standard InChI is InChI=1S/C31H36N4O2/c1-2-3-4-11-20-37-29-18-16-24(17-19-29)30-26(23-35(34-30)28-14-9-6-10-15-28)21-25(22-32)31(36)33-27-12-7-5-8-13-27/h6,9-10,14-19,21,23,27H,2-5,7-8,11-13,20H2,1H3,(H,33,36)/b25-21-. The molecule has 0 radical (unpaired) electrons. The Bertz CT molecular complexity index is 1220. The third-order valence-corrected chi connectivity index (χ3v) is 6.76. The molecule has 1 saturated carbocycles. The molecule has 4 rings (SSSR count). The SMILES string of the molecule is CCCCCCOc1ccc(-c2nn(-c3ccccc3)cc2/C=C(/C#N)C(=O)NC2CCCCC2)cc1. The van der Waals surface area contributed by atoms with Crippen molar-refractivity contribution >= 4 is 12.0 Å². The second-order valence-corrected chi connectivity index (χ2v) is 9.62. The summed E-state index contributed by atoms with van der Waals surface area (Å²) in [6.07, 6.45) is 13.5. The van der Waals surface area contributed by atoms with Gasteiger partial charge in [0.25, 0.3) is 5.91 Å². The highest BCUT2D eigenvalue weighted by Crippen LogP contribution is 2.28. The number of nitriles is 1. The number of hydrogen-bond donors (Lipinski definition) is 1. The Labute approximate surface area is 220 Å². The second kappa shape index (κ2) is 13.5. The Hall–Kier alpha value is -3.85. The summed E-state index contributed by atoms with van der Waals surface area (Å²) in [5.74, 6) is 0.504. The molecule has 1 heterocycles. The number of nitrogens with one attached hydrogen (secondary N) is 1. The summed E-state index contributed by atoms with van der Waals surface area (Å²) in [6, 6.07) is 19.9. The summed E-state index contributed by atoms with van der Waals surface area (Å²) in [5.41, 5.74) is 3.31. The van der Waals surface area contributed by atoms with Crippen molar-refractivity contribution in [1.29, 1.82) is 5.26 Å². The number of hydrogen-bond acceptors (Lipinski definition) is 4. The van der Waals surface area contributed by atoms with Crippen molar-refractivity contribution in [2.75, 3.05) is 6.61 Å². The van der Waals surface area contributed by atoms with Gasteiger partial charge in [-0.1, -0.05) is 63.6 Å². The van der Waals surface area contributed by atoms with Crippen LogP contribution in [-0.4, -0.2) is 28.3 Å². The van der Waals surface area contributed by atoms with Gasteiger partial charge in [-0.05, 0) is 61.7 Å². The minimum Gasteiger partial charge on any atom is -0.494 e. The molecule has 0 atom stereocenters. The molecule has 1 aromatic heterocycles. The summed E-state index contributed by atoms with van der Waals surface area (Å²) in [4.78, 5) is 12.9. The summed E-state index contributed by atoms with van der Waals surface area (Å²) < 4.78 is 7.69. The van der Waals surface area contributed by atoms with E-state index < -0.39 is 0 Å². The summed E-state index contributed by atoms with van der Waals surface area (Å²) in [5, 5.41) is 17.7. The lowest BCUT2D eigenvalue weighted by atomic mass is 9.95. The molecule has 0 saturated heterocycles. The first-order chi connectivity index (χ1) is 18.2. The van der Waals surface area contributed by atoms with Gasteiger partial charge in [-0.15, -0.1) is 0 Å². The molecular weight excluding hydrogens is 460 g/mol. The molecule has 1 aliphatic rings. The number of rotatable bonds is 11. The third-order valence-electron chi connectivity index (χ3n) is 6.76. The molecule has 0 aliphatic heterocycles. The highest BCUT2D eigenvalue weighted by molar-refractivity contribution is 6.02. The van der Waals surface area contributed by atoms with E-state index >= 15 is 0 Å². The molecule has 37 heavy (non-hydrogen) atoms. The number of ether oxygens (including phenoxy) is 1. The van der Waals surface area contributed by atoms with Gasteiger partial charge >= 0.3 is 0 Å². The molecule has 6 nitrogen and oxygen atoms in total. The number of para-hydroxylation sites is 1. The Morgan fingerprint density at radius 2 is 1.84 bits per heavy atom. The number of carbonyl (C=O) groups is 1. The highest BCUT2D eigenvalue weighted by Gasteiger charge is 2.19. The van der Waals surface area contributed by atoms with Crippen molar-refractivity contribution in [3.8, 4) is 28.8 Å². The lowest BCUT2D eigenvalue weighted by Crippen LogP contribution is -2.36. The lowest BCUT2D eigenvalue weighted by Gasteiger charge is -2.22. The van der Waals surface area contributed by atoms with E-state index in [1.807, 2.05) is 60.8 Å². The maximum atomic E-state index is 12.9. The maximum absolute atomic E-state index is 12.9. The van der Waals surface area contributed by atoms with Crippen molar-refractivity contribution in [2.45, 2.75) is 70.8 Å². The predicted octanol–water partition coefficient (Wildman–Crippen LogP) is 6.85. The highest BCUT2D eigenvalue weighted by atomic mass is 16.5. The molecule has 1 amide bonds. The summed E-state index contributed by atoms with van der Waals surface area (Å²) in [7, 11) is 0. The van der Waals surface area contributed by atoms with Gasteiger partial charge in [0.05, 0.1) is 18.0 Å². The minimum atomic E-state index is -0.320. The van der Waals surface area contributed by atoms with Crippen molar-refractivity contribution in [2.24, 2.45) is 0 Å². The van der Waals surface area contributed by atoms with Crippen molar-refractivity contribution < 1.29 is 9.53 Å². The van der Waals surface area contributed by atoms with Crippen LogP contribution in [0, 0.1) is 11.3 Å². The number of benzene rings is 2. The van der Waals surface area contributed by atoms with E-state index in [1.54, 1.807) is 10.8 Å². The largest absolute Gasteiger partial charge is 0.494 e. The van der Waals surface area contributed by atoms with Gasteiger partial charge in [-0.25, -0.2) is 4.68 Å². The molecule has 0 unspecified atom stereocenters. The fraction of sp³-hybridized carbons (Fsp3) is 0.387. The number of nitrogens with zero attached hydrogens (tertiary/aromatic N) is 3. The van der Waals surface area contributed by atoms with E-state index in [4.69, 9.17) is 9.84 Å². The molecule has 6 heteroatoms. The molecule has 3 aromatic rings. The zero-order valence-electron chi connectivity index (χ0n) is 21.7. The number of unbranched alkanes of at least 4 members (excludes halogenated alkanes) is 3. The third kappa shape index (κ3) is 7.33. The van der Waals surface area contributed by atoms with Crippen LogP contribution in [0.3, 0.4) is 0 Å². The van der Waals surface area contributed by atoms with Crippen LogP contribution in [0.15, 0.2) is 66.4 Å². The van der Waals surface area contributed by atoms with Crippen LogP contribution in [-0.2, 0) is 4.79 Å². The van der Waals surface area contributed by atoms with Gasteiger partial charge in [-0.2, -0.15) is 10.4 Å². The van der Waals surface area contributed by atoms with E-state index in [-0.39, 0.29) is 17.5 Å². The number of amides is 1. The molecule has 1 aliphatic carbocycles. The quantitative estimate of drug-likeness (QED) is 0.179. The Morgan fingerprint density at radius 1 is 1.08 bits per heavy atom. The predicted molar refractivity (Wildman–Crippen MR) is 147 cm³/mol. The smallest absolute Gasteiger partial charge is 0.262 e. The van der Waals surface area contributed by atoms with Gasteiger partial charge in [0.2, 0.25) is 0 Å². The average Bonchev–Trinajstić information content (AvgIpc) is 3.37. The zero-order chi connectivity index (χ0) is 25.9. The van der Waals surface area contributed by atoms with E-state index in [1.165, 1.54) is 25.7 Å². The van der Waals surface area contributed by atoms with Crippen LogP contribution < -0.4 is 10.1 Å². The molecule has 0 spiro atoms. The van der Waals surface area contributed by atoms with Crippen LogP contribution in [0.2, 0.25) is 0 Å². The van der Waals surface area contributed by atoms with Crippen LogP contribution >= 0.6 is 0 Å². The average molecular weight is 497 g/mol. The minimum absolute atomic E-state index is 0.0893. The van der Waals surface area contributed by atoms with Crippen molar-refractivity contribution in [3.05, 3.63) is 71.9 Å². The summed E-state index contributed by atoms with van der Waals surface area (Å²) >= 11 is 0.